The lowest BCUT2D eigenvalue weighted by Crippen LogP contribution is -2.10. The van der Waals surface area contributed by atoms with Gasteiger partial charge in [-0.3, -0.25) is 4.79 Å². The zero-order valence-corrected chi connectivity index (χ0v) is 11.8. The van der Waals surface area contributed by atoms with Crippen LogP contribution in [0.1, 0.15) is 12.5 Å². The summed E-state index contributed by atoms with van der Waals surface area (Å²) in [6, 6.07) is 16.4. The number of rotatable bonds is 4. The Kier molecular flexibility index (Phi) is 4.27. The van der Waals surface area contributed by atoms with Crippen LogP contribution in [-0.4, -0.2) is 16.3 Å². The summed E-state index contributed by atoms with van der Waals surface area (Å²) in [5, 5.41) is 8.46. The van der Waals surface area contributed by atoms with Crippen molar-refractivity contribution < 1.29 is 9.90 Å². The minimum Gasteiger partial charge on any atom is -0.480 e. The number of hydrogen-bond donors (Lipinski definition) is 1. The fraction of sp³-hybridized carbons (Fsp3) is 0.188. The third-order valence-electron chi connectivity index (χ3n) is 2.90. The van der Waals surface area contributed by atoms with E-state index >= 15 is 0 Å². The molecule has 0 fully saturated rings. The van der Waals surface area contributed by atoms with Gasteiger partial charge in [-0.25, -0.2) is 0 Å². The van der Waals surface area contributed by atoms with E-state index in [1.807, 2.05) is 24.3 Å². The van der Waals surface area contributed by atoms with E-state index < -0.39 is 11.2 Å². The van der Waals surface area contributed by atoms with Gasteiger partial charge in [0.1, 0.15) is 5.25 Å². The van der Waals surface area contributed by atoms with Crippen molar-refractivity contribution in [1.29, 1.82) is 0 Å². The van der Waals surface area contributed by atoms with Gasteiger partial charge < -0.3 is 5.11 Å². The van der Waals surface area contributed by atoms with Crippen molar-refractivity contribution in [3.8, 4) is 11.1 Å². The van der Waals surface area contributed by atoms with Gasteiger partial charge in [0.15, 0.2) is 0 Å². The second-order valence-electron chi connectivity index (χ2n) is 4.49. The monoisotopic (exact) mass is 272 g/mol. The molecule has 19 heavy (non-hydrogen) atoms. The number of aryl methyl sites for hydroxylation is 1. The second kappa shape index (κ2) is 5.93. The smallest absolute Gasteiger partial charge is 0.316 e. The van der Waals surface area contributed by atoms with Crippen molar-refractivity contribution in [2.45, 2.75) is 24.0 Å². The molecule has 1 atom stereocenters. The Bertz CT molecular complexity index is 558. The van der Waals surface area contributed by atoms with Crippen molar-refractivity contribution in [1.82, 2.24) is 0 Å². The predicted molar refractivity (Wildman–Crippen MR) is 79.6 cm³/mol. The minimum atomic E-state index is -0.785. The average Bonchev–Trinajstić information content (AvgIpc) is 2.40. The summed E-state index contributed by atoms with van der Waals surface area (Å²) in [4.78, 5) is 11.8. The van der Waals surface area contributed by atoms with E-state index in [2.05, 4.69) is 31.2 Å². The maximum absolute atomic E-state index is 10.8. The Hall–Kier alpha value is -1.74. The molecule has 0 aromatic heterocycles. The molecule has 98 valence electrons. The van der Waals surface area contributed by atoms with E-state index in [4.69, 9.17) is 5.11 Å². The molecule has 0 aliphatic rings. The predicted octanol–water partition coefficient (Wildman–Crippen LogP) is 4.23. The lowest BCUT2D eigenvalue weighted by atomic mass is 10.0. The molecule has 1 N–H and O–H groups in total. The van der Waals surface area contributed by atoms with Crippen LogP contribution in [0.4, 0.5) is 0 Å². The highest BCUT2D eigenvalue weighted by molar-refractivity contribution is 8.00. The van der Waals surface area contributed by atoms with Crippen LogP contribution in [0.15, 0.2) is 53.4 Å². The highest BCUT2D eigenvalue weighted by atomic mass is 32.2. The molecule has 1 unspecified atom stereocenters. The first-order valence-corrected chi connectivity index (χ1v) is 7.01. The van der Waals surface area contributed by atoms with E-state index in [0.717, 1.165) is 10.5 Å². The van der Waals surface area contributed by atoms with Crippen LogP contribution in [-0.2, 0) is 4.79 Å². The summed E-state index contributed by atoms with van der Waals surface area (Å²) in [7, 11) is 0. The molecule has 2 nitrogen and oxygen atoms in total. The molecule has 0 heterocycles. The molecule has 0 radical (unpaired) electrons. The lowest BCUT2D eigenvalue weighted by Gasteiger charge is -2.07. The molecule has 0 amide bonds. The summed E-state index contributed by atoms with van der Waals surface area (Å²) in [5.74, 6) is -0.785. The Morgan fingerprint density at radius 3 is 1.95 bits per heavy atom. The number of benzene rings is 2. The Balaban J connectivity index is 2.14. The number of carboxylic acids is 1. The van der Waals surface area contributed by atoms with E-state index in [-0.39, 0.29) is 0 Å². The van der Waals surface area contributed by atoms with Gasteiger partial charge in [-0.1, -0.05) is 42.0 Å². The molecular weight excluding hydrogens is 256 g/mol. The number of hydrogen-bond acceptors (Lipinski definition) is 2. The van der Waals surface area contributed by atoms with Crippen LogP contribution >= 0.6 is 11.8 Å². The van der Waals surface area contributed by atoms with Crippen molar-refractivity contribution in [3.63, 3.8) is 0 Å². The molecule has 3 heteroatoms. The highest BCUT2D eigenvalue weighted by Gasteiger charge is 2.12. The third kappa shape index (κ3) is 3.61. The summed E-state index contributed by atoms with van der Waals surface area (Å²) < 4.78 is 0. The first-order chi connectivity index (χ1) is 9.06. The van der Waals surface area contributed by atoms with Crippen LogP contribution < -0.4 is 0 Å². The van der Waals surface area contributed by atoms with E-state index in [0.29, 0.717) is 0 Å². The van der Waals surface area contributed by atoms with Crippen LogP contribution in [0.25, 0.3) is 11.1 Å². The summed E-state index contributed by atoms with van der Waals surface area (Å²) in [6.45, 7) is 3.76. The number of carbonyl (C=O) groups is 1. The number of thioether (sulfide) groups is 1. The topological polar surface area (TPSA) is 37.3 Å². The molecule has 0 spiro atoms. The molecule has 0 saturated heterocycles. The molecule has 2 aromatic carbocycles. The third-order valence-corrected chi connectivity index (χ3v) is 4.00. The van der Waals surface area contributed by atoms with Crippen LogP contribution in [0.2, 0.25) is 0 Å². The van der Waals surface area contributed by atoms with E-state index in [1.54, 1.807) is 6.92 Å². The van der Waals surface area contributed by atoms with E-state index in [1.165, 1.54) is 22.9 Å². The van der Waals surface area contributed by atoms with Gasteiger partial charge in [-0.15, -0.1) is 11.8 Å². The van der Waals surface area contributed by atoms with Gasteiger partial charge in [-0.05, 0) is 37.1 Å². The van der Waals surface area contributed by atoms with Crippen LogP contribution in [0.5, 0.6) is 0 Å². The zero-order valence-electron chi connectivity index (χ0n) is 11.0. The largest absolute Gasteiger partial charge is 0.480 e. The molecule has 2 rings (SSSR count). The molecular formula is C16H16O2S. The summed E-state index contributed by atoms with van der Waals surface area (Å²) in [6.07, 6.45) is 0. The molecule has 0 bridgehead atoms. The SMILES string of the molecule is Cc1ccc(-c2ccc(SC(C)C(=O)O)cc2)cc1. The molecule has 2 aromatic rings. The summed E-state index contributed by atoms with van der Waals surface area (Å²) >= 11 is 1.36. The van der Waals surface area contributed by atoms with Gasteiger partial charge >= 0.3 is 5.97 Å². The van der Waals surface area contributed by atoms with Crippen molar-refractivity contribution in [3.05, 3.63) is 54.1 Å². The van der Waals surface area contributed by atoms with Gasteiger partial charge in [-0.2, -0.15) is 0 Å². The Morgan fingerprint density at radius 1 is 1.00 bits per heavy atom. The van der Waals surface area contributed by atoms with E-state index in [9.17, 15) is 4.79 Å². The van der Waals surface area contributed by atoms with Crippen LogP contribution in [0, 0.1) is 6.92 Å². The van der Waals surface area contributed by atoms with Gasteiger partial charge in [0.25, 0.3) is 0 Å². The van der Waals surface area contributed by atoms with Crippen LogP contribution in [0.3, 0.4) is 0 Å². The highest BCUT2D eigenvalue weighted by Crippen LogP contribution is 2.27. The Morgan fingerprint density at radius 2 is 1.47 bits per heavy atom. The first kappa shape index (κ1) is 13.7. The maximum Gasteiger partial charge on any atom is 0.316 e. The van der Waals surface area contributed by atoms with Gasteiger partial charge in [0, 0.05) is 4.90 Å². The standard InChI is InChI=1S/C16H16O2S/c1-11-3-5-13(6-4-11)14-7-9-15(10-8-14)19-12(2)16(17)18/h3-10,12H,1-2H3,(H,17,18). The van der Waals surface area contributed by atoms with Crippen molar-refractivity contribution in [2.75, 3.05) is 0 Å². The fourth-order valence-corrected chi connectivity index (χ4v) is 2.53. The maximum atomic E-state index is 10.8. The normalized spacial score (nSPS) is 12.1. The quantitative estimate of drug-likeness (QED) is 0.846. The Labute approximate surface area is 117 Å². The van der Waals surface area contributed by atoms with Crippen molar-refractivity contribution >= 4 is 17.7 Å². The zero-order chi connectivity index (χ0) is 13.8. The molecule has 0 aliphatic carbocycles. The number of aliphatic carboxylic acids is 1. The number of carboxylic acid groups (broad SMARTS) is 1. The van der Waals surface area contributed by atoms with Gasteiger partial charge in [0.05, 0.1) is 0 Å². The first-order valence-electron chi connectivity index (χ1n) is 6.13. The fourth-order valence-electron chi connectivity index (χ4n) is 1.73. The molecule has 0 saturated carbocycles. The minimum absolute atomic E-state index is 0.426. The van der Waals surface area contributed by atoms with Gasteiger partial charge in [0.2, 0.25) is 0 Å². The summed E-state index contributed by atoms with van der Waals surface area (Å²) in [5.41, 5.74) is 3.56. The molecule has 0 aliphatic heterocycles. The lowest BCUT2D eigenvalue weighted by molar-refractivity contribution is -0.136. The van der Waals surface area contributed by atoms with Crippen molar-refractivity contribution in [2.24, 2.45) is 0 Å². The average molecular weight is 272 g/mol. The second-order valence-corrected chi connectivity index (χ2v) is 5.90.